The quantitative estimate of drug-likeness (QED) is 0.305. The molecule has 5 nitrogen and oxygen atoms in total. The zero-order chi connectivity index (χ0) is 19.6. The van der Waals surface area contributed by atoms with E-state index in [0.29, 0.717) is 12.3 Å². The molecule has 0 aliphatic carbocycles. The first-order chi connectivity index (χ1) is 12.3. The molecule has 2 N–H and O–H groups in total. The van der Waals surface area contributed by atoms with Crippen LogP contribution in [0.4, 0.5) is 0 Å². The number of benzene rings is 1. The van der Waals surface area contributed by atoms with Crippen molar-refractivity contribution >= 4 is 40.7 Å². The smallest absolute Gasteiger partial charge is 0.191 e. The average Bonchev–Trinajstić information content (AvgIpc) is 2.63. The molecule has 1 rings (SSSR count). The van der Waals surface area contributed by atoms with E-state index in [1.165, 1.54) is 5.56 Å². The molecule has 7 heteroatoms. The van der Waals surface area contributed by atoms with Crippen molar-refractivity contribution in [2.24, 2.45) is 4.99 Å². The summed E-state index contributed by atoms with van der Waals surface area (Å²) in [6, 6.07) is 10.8. The van der Waals surface area contributed by atoms with Crippen LogP contribution in [0.3, 0.4) is 0 Å². The first-order valence-electron chi connectivity index (χ1n) is 9.45. The lowest BCUT2D eigenvalue weighted by Crippen LogP contribution is -2.44. The summed E-state index contributed by atoms with van der Waals surface area (Å²) in [6.07, 6.45) is 0. The van der Waals surface area contributed by atoms with Crippen molar-refractivity contribution in [1.29, 1.82) is 0 Å². The molecule has 0 aliphatic rings. The minimum Gasteiger partial charge on any atom is -0.355 e. The molecule has 0 radical (unpaired) electrons. The van der Waals surface area contributed by atoms with E-state index in [4.69, 9.17) is 0 Å². The van der Waals surface area contributed by atoms with Crippen molar-refractivity contribution in [2.75, 3.05) is 39.0 Å². The number of guanidine groups is 1. The Bertz CT molecular complexity index is 571. The van der Waals surface area contributed by atoms with E-state index < -0.39 is 10.8 Å². The molecule has 0 fully saturated rings. The SMILES string of the molecule is CCN(CC)C(CNC(=NC)NCCS(=O)C(C)(C)C)c1ccccc1.I. The van der Waals surface area contributed by atoms with Gasteiger partial charge in [-0.15, -0.1) is 24.0 Å². The van der Waals surface area contributed by atoms with E-state index >= 15 is 0 Å². The van der Waals surface area contributed by atoms with Crippen LogP contribution in [0.15, 0.2) is 35.3 Å². The molecule has 0 bridgehead atoms. The Hall–Kier alpha value is -0.670. The van der Waals surface area contributed by atoms with Crippen molar-refractivity contribution in [2.45, 2.75) is 45.4 Å². The number of halogens is 1. The van der Waals surface area contributed by atoms with E-state index in [9.17, 15) is 4.21 Å². The molecule has 2 atom stereocenters. The number of rotatable bonds is 9. The molecule has 2 unspecified atom stereocenters. The van der Waals surface area contributed by atoms with Crippen LogP contribution in [-0.2, 0) is 10.8 Å². The maximum atomic E-state index is 12.2. The van der Waals surface area contributed by atoms with Gasteiger partial charge in [0.2, 0.25) is 0 Å². The predicted octanol–water partition coefficient (Wildman–Crippen LogP) is 3.40. The fourth-order valence-corrected chi connectivity index (χ4v) is 3.68. The zero-order valence-electron chi connectivity index (χ0n) is 17.6. The largest absolute Gasteiger partial charge is 0.355 e. The highest BCUT2D eigenvalue weighted by atomic mass is 127. The summed E-state index contributed by atoms with van der Waals surface area (Å²) in [5.41, 5.74) is 1.30. The monoisotopic (exact) mass is 508 g/mol. The highest BCUT2D eigenvalue weighted by Crippen LogP contribution is 2.19. The summed E-state index contributed by atoms with van der Waals surface area (Å²) in [7, 11) is 0.907. The summed E-state index contributed by atoms with van der Waals surface area (Å²) in [4.78, 5) is 6.74. The van der Waals surface area contributed by atoms with Crippen molar-refractivity contribution in [3.63, 3.8) is 0 Å². The van der Waals surface area contributed by atoms with Gasteiger partial charge in [-0.3, -0.25) is 14.1 Å². The lowest BCUT2D eigenvalue weighted by Gasteiger charge is -2.30. The van der Waals surface area contributed by atoms with Gasteiger partial charge < -0.3 is 10.6 Å². The molecule has 0 saturated carbocycles. The number of likely N-dealkylation sites (N-methyl/N-ethyl adjacent to an activating group) is 1. The van der Waals surface area contributed by atoms with E-state index in [2.05, 4.69) is 58.6 Å². The standard InChI is InChI=1S/C20H36N4OS.HI/c1-7-24(8-2)18(17-12-10-9-11-13-17)16-23-19(21-6)22-14-15-26(25)20(3,4)5;/h9-13,18H,7-8,14-16H2,1-6H3,(H2,21,22,23);1H. The fraction of sp³-hybridized carbons (Fsp3) is 0.650. The van der Waals surface area contributed by atoms with Crippen molar-refractivity contribution in [3.8, 4) is 0 Å². The third-order valence-corrected chi connectivity index (χ3v) is 6.33. The molecule has 156 valence electrons. The Labute approximate surface area is 185 Å². The molecule has 0 aliphatic heterocycles. The highest BCUT2D eigenvalue weighted by Gasteiger charge is 2.20. The van der Waals surface area contributed by atoms with Crippen LogP contribution in [0, 0.1) is 0 Å². The Morgan fingerprint density at radius 1 is 1.15 bits per heavy atom. The van der Waals surface area contributed by atoms with Gasteiger partial charge in [0.15, 0.2) is 5.96 Å². The first kappa shape index (κ1) is 26.3. The summed E-state index contributed by atoms with van der Waals surface area (Å²) in [5.74, 6) is 1.37. The predicted molar refractivity (Wildman–Crippen MR) is 130 cm³/mol. The molecule has 0 saturated heterocycles. The lowest BCUT2D eigenvalue weighted by atomic mass is 10.1. The maximum absolute atomic E-state index is 12.2. The van der Waals surface area contributed by atoms with Crippen LogP contribution in [0.25, 0.3) is 0 Å². The number of nitrogens with zero attached hydrogens (tertiary/aromatic N) is 2. The Kier molecular flexibility index (Phi) is 13.2. The maximum Gasteiger partial charge on any atom is 0.191 e. The minimum absolute atomic E-state index is 0. The number of aliphatic imine (C=N–C) groups is 1. The summed E-state index contributed by atoms with van der Waals surface area (Å²) in [5, 5.41) is 6.71. The number of nitrogens with one attached hydrogen (secondary N) is 2. The second-order valence-electron chi connectivity index (χ2n) is 7.19. The van der Waals surface area contributed by atoms with E-state index in [1.807, 2.05) is 26.8 Å². The van der Waals surface area contributed by atoms with Gasteiger partial charge in [0.1, 0.15) is 0 Å². The average molecular weight is 509 g/mol. The van der Waals surface area contributed by atoms with Crippen LogP contribution >= 0.6 is 24.0 Å². The van der Waals surface area contributed by atoms with Gasteiger partial charge in [-0.1, -0.05) is 44.2 Å². The normalized spacial score (nSPS) is 14.4. The molecular formula is C20H37IN4OS. The summed E-state index contributed by atoms with van der Waals surface area (Å²) in [6.45, 7) is 13.8. The Morgan fingerprint density at radius 2 is 1.74 bits per heavy atom. The van der Waals surface area contributed by atoms with Crippen LogP contribution in [0.5, 0.6) is 0 Å². The third-order valence-electron chi connectivity index (χ3n) is 4.39. The second-order valence-corrected chi connectivity index (χ2v) is 9.51. The van der Waals surface area contributed by atoms with Crippen molar-refractivity contribution in [3.05, 3.63) is 35.9 Å². The molecule has 1 aromatic rings. The highest BCUT2D eigenvalue weighted by molar-refractivity contribution is 14.0. The van der Waals surface area contributed by atoms with Gasteiger partial charge in [0.25, 0.3) is 0 Å². The summed E-state index contributed by atoms with van der Waals surface area (Å²) < 4.78 is 12.0. The molecule has 0 spiro atoms. The molecule has 27 heavy (non-hydrogen) atoms. The molecule has 1 aromatic carbocycles. The number of hydrogen-bond acceptors (Lipinski definition) is 3. The third kappa shape index (κ3) is 9.38. The minimum atomic E-state index is -0.862. The van der Waals surface area contributed by atoms with E-state index in [-0.39, 0.29) is 34.8 Å². The van der Waals surface area contributed by atoms with Crippen molar-refractivity contribution < 1.29 is 4.21 Å². The van der Waals surface area contributed by atoms with Crippen molar-refractivity contribution in [1.82, 2.24) is 15.5 Å². The molecule has 0 heterocycles. The number of hydrogen-bond donors (Lipinski definition) is 2. The Morgan fingerprint density at radius 3 is 2.22 bits per heavy atom. The van der Waals surface area contributed by atoms with Crippen LogP contribution in [0.1, 0.15) is 46.2 Å². The van der Waals surface area contributed by atoms with Gasteiger partial charge in [-0.2, -0.15) is 0 Å². The molecular weight excluding hydrogens is 471 g/mol. The van der Waals surface area contributed by atoms with Gasteiger partial charge in [0.05, 0.1) is 6.04 Å². The fourth-order valence-electron chi connectivity index (χ4n) is 2.78. The molecule has 0 amide bonds. The van der Waals surface area contributed by atoms with E-state index in [0.717, 1.165) is 25.6 Å². The van der Waals surface area contributed by atoms with E-state index in [1.54, 1.807) is 7.05 Å². The first-order valence-corrected chi connectivity index (χ1v) is 10.8. The van der Waals surface area contributed by atoms with Gasteiger partial charge in [-0.25, -0.2) is 0 Å². The van der Waals surface area contributed by atoms with Gasteiger partial charge in [0, 0.05) is 41.4 Å². The lowest BCUT2D eigenvalue weighted by molar-refractivity contribution is 0.219. The topological polar surface area (TPSA) is 56.7 Å². The van der Waals surface area contributed by atoms with Crippen LogP contribution in [-0.4, -0.2) is 58.8 Å². The van der Waals surface area contributed by atoms with Crippen LogP contribution < -0.4 is 10.6 Å². The van der Waals surface area contributed by atoms with Gasteiger partial charge in [-0.05, 0) is 39.4 Å². The molecule has 0 aromatic heterocycles. The summed E-state index contributed by atoms with van der Waals surface area (Å²) >= 11 is 0. The second kappa shape index (κ2) is 13.5. The van der Waals surface area contributed by atoms with Gasteiger partial charge >= 0.3 is 0 Å². The van der Waals surface area contributed by atoms with Crippen LogP contribution in [0.2, 0.25) is 0 Å². The Balaban J connectivity index is 0.00000676. The zero-order valence-corrected chi connectivity index (χ0v) is 20.8.